The van der Waals surface area contributed by atoms with Crippen molar-refractivity contribution in [2.45, 2.75) is 37.0 Å². The Bertz CT molecular complexity index is 752. The highest BCUT2D eigenvalue weighted by molar-refractivity contribution is 9.10. The van der Waals surface area contributed by atoms with E-state index in [1.54, 1.807) is 13.8 Å². The van der Waals surface area contributed by atoms with E-state index < -0.39 is 25.8 Å². The molecular formula is C14H18BrFN4OS. The molecule has 22 heavy (non-hydrogen) atoms. The molecule has 120 valence electrons. The summed E-state index contributed by atoms with van der Waals surface area (Å²) in [7, 11) is -2.90. The number of halogens is 2. The molecule has 2 rings (SSSR count). The Morgan fingerprint density at radius 3 is 2.95 bits per heavy atom. The summed E-state index contributed by atoms with van der Waals surface area (Å²) in [6.45, 7) is 3.64. The second-order valence-corrected chi connectivity index (χ2v) is 9.51. The SMILES string of the molecule is C[C@](N)(C[S@@]1(=O)=NCCC[C@]1(C)C#N)c1nc(Br)ccc1F. The first-order valence-corrected chi connectivity index (χ1v) is 9.34. The molecule has 0 fully saturated rings. The van der Waals surface area contributed by atoms with E-state index >= 15 is 0 Å². The molecule has 1 aromatic rings. The van der Waals surface area contributed by atoms with Crippen molar-refractivity contribution in [1.82, 2.24) is 4.98 Å². The Labute approximate surface area is 138 Å². The Balaban J connectivity index is 2.48. The van der Waals surface area contributed by atoms with E-state index in [2.05, 4.69) is 31.3 Å². The van der Waals surface area contributed by atoms with E-state index in [0.717, 1.165) is 0 Å². The van der Waals surface area contributed by atoms with Gasteiger partial charge in [-0.3, -0.25) is 0 Å². The number of rotatable bonds is 3. The number of hydrogen-bond donors (Lipinski definition) is 1. The van der Waals surface area contributed by atoms with Gasteiger partial charge in [-0.25, -0.2) is 17.9 Å². The molecule has 3 atom stereocenters. The number of nitriles is 1. The van der Waals surface area contributed by atoms with E-state index in [1.165, 1.54) is 12.1 Å². The Kier molecular flexibility index (Phi) is 4.62. The van der Waals surface area contributed by atoms with Crippen molar-refractivity contribution in [2.24, 2.45) is 10.1 Å². The van der Waals surface area contributed by atoms with Crippen molar-refractivity contribution in [3.63, 3.8) is 0 Å². The van der Waals surface area contributed by atoms with Crippen molar-refractivity contribution in [3.8, 4) is 6.07 Å². The van der Waals surface area contributed by atoms with Crippen LogP contribution in [0.15, 0.2) is 21.1 Å². The summed E-state index contributed by atoms with van der Waals surface area (Å²) in [5, 5.41) is 9.42. The number of nitrogens with zero attached hydrogens (tertiary/aromatic N) is 3. The van der Waals surface area contributed by atoms with E-state index in [1.807, 2.05) is 0 Å². The van der Waals surface area contributed by atoms with E-state index in [0.29, 0.717) is 24.0 Å². The normalized spacial score (nSPS) is 30.9. The van der Waals surface area contributed by atoms with Crippen LogP contribution in [0.5, 0.6) is 0 Å². The van der Waals surface area contributed by atoms with Crippen LogP contribution in [0.4, 0.5) is 4.39 Å². The summed E-state index contributed by atoms with van der Waals surface area (Å²) in [6, 6.07) is 4.85. The largest absolute Gasteiger partial charge is 0.319 e. The molecule has 0 saturated carbocycles. The van der Waals surface area contributed by atoms with Crippen LogP contribution in [0.1, 0.15) is 32.4 Å². The van der Waals surface area contributed by atoms with Crippen LogP contribution in [-0.2, 0) is 15.3 Å². The van der Waals surface area contributed by atoms with E-state index in [4.69, 9.17) is 5.73 Å². The third kappa shape index (κ3) is 3.03. The molecule has 0 aromatic carbocycles. The second kappa shape index (κ2) is 5.87. The average molecular weight is 389 g/mol. The Hall–Kier alpha value is -1.04. The maximum Gasteiger partial charge on any atom is 0.146 e. The van der Waals surface area contributed by atoms with Gasteiger partial charge >= 0.3 is 0 Å². The van der Waals surface area contributed by atoms with Crippen LogP contribution < -0.4 is 5.73 Å². The summed E-state index contributed by atoms with van der Waals surface area (Å²) in [5.74, 6) is -0.671. The number of nitrogens with two attached hydrogens (primary N) is 1. The van der Waals surface area contributed by atoms with Gasteiger partial charge in [-0.15, -0.1) is 0 Å². The quantitative estimate of drug-likeness (QED) is 0.805. The zero-order valence-electron chi connectivity index (χ0n) is 12.5. The molecular weight excluding hydrogens is 371 g/mol. The summed E-state index contributed by atoms with van der Waals surface area (Å²) < 4.78 is 30.9. The maximum absolute atomic E-state index is 14.1. The first kappa shape index (κ1) is 17.3. The zero-order chi connectivity index (χ0) is 16.6. The molecule has 8 heteroatoms. The van der Waals surface area contributed by atoms with Crippen LogP contribution >= 0.6 is 15.9 Å². The van der Waals surface area contributed by atoms with Crippen molar-refractivity contribution in [1.29, 1.82) is 5.26 Å². The predicted octanol–water partition coefficient (Wildman–Crippen LogP) is 2.70. The number of pyridine rings is 1. The molecule has 0 spiro atoms. The van der Waals surface area contributed by atoms with E-state index in [-0.39, 0.29) is 11.4 Å². The van der Waals surface area contributed by atoms with Gasteiger partial charge in [0.15, 0.2) is 0 Å². The summed E-state index contributed by atoms with van der Waals surface area (Å²) in [5.41, 5.74) is 4.96. The topological polar surface area (TPSA) is 92.1 Å². The van der Waals surface area contributed by atoms with E-state index in [9.17, 15) is 13.9 Å². The third-order valence-corrected chi connectivity index (χ3v) is 7.64. The Morgan fingerprint density at radius 1 is 1.64 bits per heavy atom. The van der Waals surface area contributed by atoms with Crippen LogP contribution in [0.3, 0.4) is 0 Å². The minimum atomic E-state index is -2.90. The van der Waals surface area contributed by atoms with Crippen molar-refractivity contribution >= 4 is 25.7 Å². The highest BCUT2D eigenvalue weighted by atomic mass is 79.9. The molecule has 0 unspecified atom stereocenters. The van der Waals surface area contributed by atoms with Gasteiger partial charge in [0.25, 0.3) is 0 Å². The fraction of sp³-hybridized carbons (Fsp3) is 0.571. The molecule has 2 N–H and O–H groups in total. The summed E-state index contributed by atoms with van der Waals surface area (Å²) in [4.78, 5) is 4.08. The lowest BCUT2D eigenvalue weighted by Gasteiger charge is -2.34. The first-order chi connectivity index (χ1) is 10.1. The fourth-order valence-electron chi connectivity index (χ4n) is 2.56. The molecule has 0 amide bonds. The molecule has 0 bridgehead atoms. The predicted molar refractivity (Wildman–Crippen MR) is 87.0 cm³/mol. The minimum Gasteiger partial charge on any atom is -0.319 e. The van der Waals surface area contributed by atoms with Gasteiger partial charge in [-0.05, 0) is 54.8 Å². The van der Waals surface area contributed by atoms with Gasteiger partial charge in [-0.2, -0.15) is 5.26 Å². The summed E-state index contributed by atoms with van der Waals surface area (Å²) >= 11 is 3.18. The number of aromatic nitrogens is 1. The molecule has 1 aromatic heterocycles. The molecule has 5 nitrogen and oxygen atoms in total. The first-order valence-electron chi connectivity index (χ1n) is 6.86. The lowest BCUT2D eigenvalue weighted by Crippen LogP contribution is -2.49. The zero-order valence-corrected chi connectivity index (χ0v) is 14.9. The summed E-state index contributed by atoms with van der Waals surface area (Å²) in [6.07, 6.45) is 1.21. The van der Waals surface area contributed by atoms with Crippen molar-refractivity contribution in [2.75, 3.05) is 12.3 Å². The molecule has 1 aliphatic heterocycles. The standard InChI is InChI=1S/C14H18BrFN4OS/c1-13(8-17)6-3-7-19-22(13,21)9-14(2,18)12-10(16)4-5-11(15)20-12/h4-5H,3,6-7,9,18H2,1-2H3/t13-,14+,22+/m1/s1. The molecule has 1 aliphatic rings. The smallest absolute Gasteiger partial charge is 0.146 e. The highest BCUT2D eigenvalue weighted by Crippen LogP contribution is 2.34. The van der Waals surface area contributed by atoms with Crippen LogP contribution in [0.25, 0.3) is 0 Å². The van der Waals surface area contributed by atoms with Crippen LogP contribution in [0.2, 0.25) is 0 Å². The lowest BCUT2D eigenvalue weighted by atomic mass is 10.0. The minimum absolute atomic E-state index is 0.0191. The highest BCUT2D eigenvalue weighted by Gasteiger charge is 2.44. The van der Waals surface area contributed by atoms with Gasteiger partial charge in [0, 0.05) is 6.54 Å². The molecule has 2 heterocycles. The van der Waals surface area contributed by atoms with Gasteiger partial charge in [0.2, 0.25) is 0 Å². The van der Waals surface area contributed by atoms with Gasteiger partial charge < -0.3 is 5.73 Å². The maximum atomic E-state index is 14.1. The fourth-order valence-corrected chi connectivity index (χ4v) is 5.54. The van der Waals surface area contributed by atoms with Gasteiger partial charge in [0.1, 0.15) is 15.2 Å². The Morgan fingerprint density at radius 2 is 2.32 bits per heavy atom. The third-order valence-electron chi connectivity index (χ3n) is 3.90. The van der Waals surface area contributed by atoms with Crippen molar-refractivity contribution < 1.29 is 8.60 Å². The molecule has 0 aliphatic carbocycles. The van der Waals surface area contributed by atoms with Crippen LogP contribution in [-0.4, -0.2) is 26.2 Å². The average Bonchev–Trinajstić information content (AvgIpc) is 2.44. The lowest BCUT2D eigenvalue weighted by molar-refractivity contribution is 0.475. The monoisotopic (exact) mass is 388 g/mol. The number of hydrogen-bond acceptors (Lipinski definition) is 5. The molecule has 0 saturated heterocycles. The molecule has 0 radical (unpaired) electrons. The van der Waals surface area contributed by atoms with Gasteiger partial charge in [0.05, 0.1) is 32.8 Å². The van der Waals surface area contributed by atoms with Crippen molar-refractivity contribution in [3.05, 3.63) is 28.2 Å². The van der Waals surface area contributed by atoms with Crippen LogP contribution in [0, 0.1) is 17.1 Å². The second-order valence-electron chi connectivity index (χ2n) is 5.97. The van der Waals surface area contributed by atoms with Gasteiger partial charge in [-0.1, -0.05) is 0 Å².